The Labute approximate surface area is 126 Å². The summed E-state index contributed by atoms with van der Waals surface area (Å²) in [5, 5.41) is 0.245. The van der Waals surface area contributed by atoms with E-state index < -0.39 is 5.82 Å². The van der Waals surface area contributed by atoms with Gasteiger partial charge in [0.1, 0.15) is 5.82 Å². The number of imide groups is 1. The van der Waals surface area contributed by atoms with Crippen molar-refractivity contribution in [2.24, 2.45) is 23.7 Å². The molecule has 3 aliphatic carbocycles. The van der Waals surface area contributed by atoms with Crippen LogP contribution >= 0.6 is 11.6 Å². The largest absolute Gasteiger partial charge is 0.274 e. The third-order valence-electron chi connectivity index (χ3n) is 4.91. The van der Waals surface area contributed by atoms with E-state index in [1.54, 1.807) is 0 Å². The number of rotatable bonds is 1. The Balaban J connectivity index is 1.78. The maximum atomic E-state index is 14.1. The highest BCUT2D eigenvalue weighted by Gasteiger charge is 2.57. The standard InChI is InChI=1S/C16H13ClFNO2/c17-10-5-6-12(11(18)7-10)19-15(20)13-8-1-2-9(4-3-8)14(13)16(19)21/h1-2,5-9,13-14H,3-4H2. The number of carbonyl (C=O) groups excluding carboxylic acids is 2. The van der Waals surface area contributed by atoms with E-state index in [2.05, 4.69) is 0 Å². The van der Waals surface area contributed by atoms with Gasteiger partial charge in [-0.2, -0.15) is 0 Å². The molecule has 5 rings (SSSR count). The molecule has 3 nitrogen and oxygen atoms in total. The van der Waals surface area contributed by atoms with Gasteiger partial charge in [0, 0.05) is 5.02 Å². The van der Waals surface area contributed by atoms with Crippen LogP contribution in [0.5, 0.6) is 0 Å². The number of benzene rings is 1. The van der Waals surface area contributed by atoms with Crippen LogP contribution in [0.2, 0.25) is 5.02 Å². The molecule has 1 aliphatic heterocycles. The van der Waals surface area contributed by atoms with E-state index in [0.29, 0.717) is 0 Å². The van der Waals surface area contributed by atoms with Crippen LogP contribution in [0.15, 0.2) is 30.4 Å². The van der Waals surface area contributed by atoms with E-state index in [9.17, 15) is 14.0 Å². The highest BCUT2D eigenvalue weighted by atomic mass is 35.5. The van der Waals surface area contributed by atoms with Gasteiger partial charge in [0.15, 0.2) is 0 Å². The molecule has 2 fully saturated rings. The first-order valence-corrected chi connectivity index (χ1v) is 7.47. The molecular weight excluding hydrogens is 293 g/mol. The second kappa shape index (κ2) is 4.41. The summed E-state index contributed by atoms with van der Waals surface area (Å²) in [5.74, 6) is -1.61. The van der Waals surface area contributed by atoms with Crippen molar-refractivity contribution in [1.29, 1.82) is 0 Å². The minimum atomic E-state index is -0.636. The fourth-order valence-corrected chi connectivity index (χ4v) is 4.13. The van der Waals surface area contributed by atoms with E-state index in [-0.39, 0.29) is 46.2 Å². The predicted octanol–water partition coefficient (Wildman–Crippen LogP) is 3.18. The second-order valence-corrected chi connectivity index (χ2v) is 6.39. The highest BCUT2D eigenvalue weighted by Crippen LogP contribution is 2.50. The molecule has 0 aromatic heterocycles. The molecule has 1 heterocycles. The van der Waals surface area contributed by atoms with Crippen molar-refractivity contribution in [3.05, 3.63) is 41.2 Å². The van der Waals surface area contributed by atoms with Crippen LogP contribution in [-0.2, 0) is 9.59 Å². The smallest absolute Gasteiger partial charge is 0.238 e. The number of allylic oxidation sites excluding steroid dienone is 2. The van der Waals surface area contributed by atoms with Gasteiger partial charge in [-0.25, -0.2) is 9.29 Å². The van der Waals surface area contributed by atoms with E-state index in [0.717, 1.165) is 23.8 Å². The molecule has 0 N–H and O–H groups in total. The van der Waals surface area contributed by atoms with E-state index >= 15 is 0 Å². The third kappa shape index (κ3) is 1.72. The summed E-state index contributed by atoms with van der Waals surface area (Å²) >= 11 is 5.74. The summed E-state index contributed by atoms with van der Waals surface area (Å²) in [5.41, 5.74) is 0.0169. The van der Waals surface area contributed by atoms with Crippen molar-refractivity contribution in [2.45, 2.75) is 12.8 Å². The molecule has 21 heavy (non-hydrogen) atoms. The zero-order valence-corrected chi connectivity index (χ0v) is 11.9. The lowest BCUT2D eigenvalue weighted by Crippen LogP contribution is -2.38. The fourth-order valence-electron chi connectivity index (χ4n) is 3.97. The van der Waals surface area contributed by atoms with E-state index in [1.807, 2.05) is 12.2 Å². The Hall–Kier alpha value is -1.68. The molecule has 4 aliphatic rings. The van der Waals surface area contributed by atoms with Gasteiger partial charge in [0.05, 0.1) is 17.5 Å². The van der Waals surface area contributed by atoms with Gasteiger partial charge in [0.25, 0.3) is 0 Å². The molecular formula is C16H13ClFNO2. The molecule has 1 saturated heterocycles. The third-order valence-corrected chi connectivity index (χ3v) is 5.15. The number of halogens is 2. The van der Waals surface area contributed by atoms with Crippen LogP contribution in [0.1, 0.15) is 12.8 Å². The molecule has 4 atom stereocenters. The zero-order valence-electron chi connectivity index (χ0n) is 11.1. The lowest BCUT2D eigenvalue weighted by atomic mass is 9.63. The summed E-state index contributed by atoms with van der Waals surface area (Å²) in [6, 6.07) is 4.03. The Morgan fingerprint density at radius 2 is 1.62 bits per heavy atom. The number of hydrogen-bond donors (Lipinski definition) is 0. The molecule has 2 bridgehead atoms. The lowest BCUT2D eigenvalue weighted by Gasteiger charge is -2.38. The van der Waals surface area contributed by atoms with E-state index in [1.165, 1.54) is 12.1 Å². The van der Waals surface area contributed by atoms with Crippen molar-refractivity contribution in [1.82, 2.24) is 0 Å². The quantitative estimate of drug-likeness (QED) is 0.590. The Kier molecular flexibility index (Phi) is 2.73. The zero-order chi connectivity index (χ0) is 14.7. The molecule has 1 aromatic rings. The van der Waals surface area contributed by atoms with Crippen LogP contribution in [0.3, 0.4) is 0 Å². The number of fused-ring (bicyclic) bond motifs is 1. The number of amides is 2. The lowest BCUT2D eigenvalue weighted by molar-refractivity contribution is -0.124. The molecule has 5 heteroatoms. The number of hydrogen-bond acceptors (Lipinski definition) is 2. The highest BCUT2D eigenvalue weighted by molar-refractivity contribution is 6.31. The van der Waals surface area contributed by atoms with Crippen molar-refractivity contribution >= 4 is 29.1 Å². The van der Waals surface area contributed by atoms with Crippen LogP contribution in [0.4, 0.5) is 10.1 Å². The van der Waals surface area contributed by atoms with Gasteiger partial charge in [0.2, 0.25) is 11.8 Å². The van der Waals surface area contributed by atoms with Crippen molar-refractivity contribution in [2.75, 3.05) is 4.90 Å². The topological polar surface area (TPSA) is 37.4 Å². The minimum absolute atomic E-state index is 0.0169. The molecule has 2 amide bonds. The number of anilines is 1. The maximum Gasteiger partial charge on any atom is 0.238 e. The van der Waals surface area contributed by atoms with Crippen LogP contribution in [0, 0.1) is 29.5 Å². The van der Waals surface area contributed by atoms with Crippen LogP contribution in [-0.4, -0.2) is 11.8 Å². The summed E-state index contributed by atoms with van der Waals surface area (Å²) in [7, 11) is 0. The Morgan fingerprint density at radius 1 is 1.05 bits per heavy atom. The molecule has 4 unspecified atom stereocenters. The van der Waals surface area contributed by atoms with Crippen molar-refractivity contribution in [3.8, 4) is 0 Å². The summed E-state index contributed by atoms with van der Waals surface area (Å²) < 4.78 is 14.1. The molecule has 1 saturated carbocycles. The summed E-state index contributed by atoms with van der Waals surface area (Å²) in [6.07, 6.45) is 5.95. The first-order chi connectivity index (χ1) is 10.1. The fraction of sp³-hybridized carbons (Fsp3) is 0.375. The molecule has 0 spiro atoms. The second-order valence-electron chi connectivity index (χ2n) is 5.95. The molecule has 108 valence electrons. The maximum absolute atomic E-state index is 14.1. The molecule has 1 aromatic carbocycles. The van der Waals surface area contributed by atoms with Gasteiger partial charge < -0.3 is 0 Å². The SMILES string of the molecule is O=C1C2C3C=CC(CC3)C2C(=O)N1c1ccc(Cl)cc1F. The van der Waals surface area contributed by atoms with Crippen LogP contribution in [0.25, 0.3) is 0 Å². The summed E-state index contributed by atoms with van der Waals surface area (Å²) in [4.78, 5) is 26.3. The predicted molar refractivity (Wildman–Crippen MR) is 76.2 cm³/mol. The molecule has 0 radical (unpaired) electrons. The van der Waals surface area contributed by atoms with Crippen molar-refractivity contribution in [3.63, 3.8) is 0 Å². The first-order valence-electron chi connectivity index (χ1n) is 7.09. The Morgan fingerprint density at radius 3 is 2.10 bits per heavy atom. The monoisotopic (exact) mass is 305 g/mol. The van der Waals surface area contributed by atoms with Gasteiger partial charge in [-0.05, 0) is 42.9 Å². The average Bonchev–Trinajstić information content (AvgIpc) is 2.75. The average molecular weight is 306 g/mol. The van der Waals surface area contributed by atoms with Gasteiger partial charge >= 0.3 is 0 Å². The van der Waals surface area contributed by atoms with Gasteiger partial charge in [-0.3, -0.25) is 9.59 Å². The summed E-state index contributed by atoms with van der Waals surface area (Å²) in [6.45, 7) is 0. The normalized spacial score (nSPS) is 33.7. The van der Waals surface area contributed by atoms with Crippen LogP contribution < -0.4 is 4.90 Å². The Bertz CT molecular complexity index is 655. The minimum Gasteiger partial charge on any atom is -0.274 e. The van der Waals surface area contributed by atoms with E-state index in [4.69, 9.17) is 11.6 Å². The number of carbonyl (C=O) groups is 2. The van der Waals surface area contributed by atoms with Crippen molar-refractivity contribution < 1.29 is 14.0 Å². The van der Waals surface area contributed by atoms with Gasteiger partial charge in [-0.15, -0.1) is 0 Å². The first kappa shape index (κ1) is 13.0. The van der Waals surface area contributed by atoms with Gasteiger partial charge in [-0.1, -0.05) is 23.8 Å². The number of nitrogens with zero attached hydrogens (tertiary/aromatic N) is 1.